The fourth-order valence-electron chi connectivity index (χ4n) is 1.75. The number of nitrogens with zero attached hydrogens (tertiary/aromatic N) is 2. The average Bonchev–Trinajstić information content (AvgIpc) is 2.85. The fourth-order valence-corrected chi connectivity index (χ4v) is 2.51. The zero-order valence-electron chi connectivity index (χ0n) is 10.4. The van der Waals surface area contributed by atoms with E-state index in [1.165, 1.54) is 0 Å². The number of aromatic nitrogens is 2. The van der Waals surface area contributed by atoms with Crippen LogP contribution in [0, 0.1) is 0 Å². The minimum absolute atomic E-state index is 0.455. The Bertz CT molecular complexity index is 539. The van der Waals surface area contributed by atoms with Crippen LogP contribution in [0.5, 0.6) is 0 Å². The first-order valence-corrected chi connectivity index (χ1v) is 7.07. The van der Waals surface area contributed by atoms with Crippen molar-refractivity contribution >= 4 is 40.0 Å². The minimum atomic E-state index is -0.713. The number of fused-ring (bicyclic) bond motifs is 1. The molecule has 4 nitrogen and oxygen atoms in total. The van der Waals surface area contributed by atoms with Crippen LogP contribution < -0.4 is 5.32 Å². The van der Waals surface area contributed by atoms with Gasteiger partial charge in [0.15, 0.2) is 0 Å². The first kappa shape index (κ1) is 13.5. The Labute approximate surface area is 115 Å². The Morgan fingerprint density at radius 2 is 2.06 bits per heavy atom. The Balaban J connectivity index is 2.26. The number of hydrogen-bond acceptors (Lipinski definition) is 5. The Hall–Kier alpha value is -0.910. The molecule has 0 saturated heterocycles. The number of nitrogens with one attached hydrogen (secondary N) is 1. The summed E-state index contributed by atoms with van der Waals surface area (Å²) in [5.74, 6) is 0. The second kappa shape index (κ2) is 5.38. The molecule has 0 saturated carbocycles. The lowest BCUT2D eigenvalue weighted by atomic mass is 9.97. The van der Waals surface area contributed by atoms with Crippen LogP contribution in [0.3, 0.4) is 0 Å². The zero-order chi connectivity index (χ0) is 13.2. The molecule has 2 aromatic rings. The van der Waals surface area contributed by atoms with Gasteiger partial charge in [-0.1, -0.05) is 25.4 Å². The molecule has 1 aromatic heterocycles. The Morgan fingerprint density at radius 1 is 1.33 bits per heavy atom. The van der Waals surface area contributed by atoms with Gasteiger partial charge in [-0.3, -0.25) is 0 Å². The van der Waals surface area contributed by atoms with Gasteiger partial charge in [0, 0.05) is 6.54 Å². The smallest absolute Gasteiger partial charge is 0.129 e. The van der Waals surface area contributed by atoms with E-state index in [-0.39, 0.29) is 0 Å². The van der Waals surface area contributed by atoms with E-state index in [9.17, 15) is 5.11 Å². The average molecular weight is 286 g/mol. The van der Waals surface area contributed by atoms with Crippen molar-refractivity contribution in [2.75, 3.05) is 11.9 Å². The third kappa shape index (κ3) is 2.58. The molecule has 0 bridgehead atoms. The topological polar surface area (TPSA) is 58.0 Å². The molecular formula is C12H16ClN3OS. The van der Waals surface area contributed by atoms with Crippen LogP contribution in [0.25, 0.3) is 11.0 Å². The molecule has 0 atom stereocenters. The molecule has 1 aromatic carbocycles. The number of hydrogen-bond donors (Lipinski definition) is 2. The predicted molar refractivity (Wildman–Crippen MR) is 76.4 cm³/mol. The monoisotopic (exact) mass is 285 g/mol. The molecule has 1 heterocycles. The van der Waals surface area contributed by atoms with Gasteiger partial charge in [-0.05, 0) is 25.0 Å². The largest absolute Gasteiger partial charge is 0.388 e. The summed E-state index contributed by atoms with van der Waals surface area (Å²) in [5, 5.41) is 14.1. The third-order valence-electron chi connectivity index (χ3n) is 3.29. The van der Waals surface area contributed by atoms with Gasteiger partial charge >= 0.3 is 0 Å². The molecule has 0 aliphatic rings. The zero-order valence-corrected chi connectivity index (χ0v) is 12.0. The molecule has 0 aliphatic heterocycles. The summed E-state index contributed by atoms with van der Waals surface area (Å²) in [6.45, 7) is 4.39. The van der Waals surface area contributed by atoms with E-state index in [1.54, 1.807) is 6.07 Å². The minimum Gasteiger partial charge on any atom is -0.388 e. The van der Waals surface area contributed by atoms with Gasteiger partial charge in [0.2, 0.25) is 0 Å². The van der Waals surface area contributed by atoms with Crippen LogP contribution >= 0.6 is 23.3 Å². The number of halogens is 1. The van der Waals surface area contributed by atoms with Gasteiger partial charge in [-0.25, -0.2) is 0 Å². The molecule has 2 N–H and O–H groups in total. The van der Waals surface area contributed by atoms with Crippen LogP contribution in [0.2, 0.25) is 5.02 Å². The van der Waals surface area contributed by atoms with E-state index in [0.29, 0.717) is 24.4 Å². The van der Waals surface area contributed by atoms with E-state index >= 15 is 0 Å². The van der Waals surface area contributed by atoms with Crippen LogP contribution in [0.15, 0.2) is 12.1 Å². The summed E-state index contributed by atoms with van der Waals surface area (Å²) in [5.41, 5.74) is 1.63. The van der Waals surface area contributed by atoms with E-state index < -0.39 is 5.60 Å². The van der Waals surface area contributed by atoms with Crippen molar-refractivity contribution in [1.29, 1.82) is 0 Å². The molecule has 18 heavy (non-hydrogen) atoms. The van der Waals surface area contributed by atoms with Crippen molar-refractivity contribution in [1.82, 2.24) is 8.75 Å². The highest BCUT2D eigenvalue weighted by molar-refractivity contribution is 7.00. The first-order chi connectivity index (χ1) is 8.59. The molecule has 98 valence electrons. The quantitative estimate of drug-likeness (QED) is 0.885. The van der Waals surface area contributed by atoms with E-state index in [4.69, 9.17) is 11.6 Å². The van der Waals surface area contributed by atoms with Crippen LogP contribution in [0.1, 0.15) is 26.7 Å². The maximum atomic E-state index is 10.3. The first-order valence-electron chi connectivity index (χ1n) is 5.96. The third-order valence-corrected chi connectivity index (χ3v) is 4.15. The number of rotatable bonds is 5. The molecular weight excluding hydrogens is 270 g/mol. The summed E-state index contributed by atoms with van der Waals surface area (Å²) in [7, 11) is 0. The van der Waals surface area contributed by atoms with Gasteiger partial charge in [0.1, 0.15) is 11.0 Å². The standard InChI is InChI=1S/C12H16ClN3OS/c1-3-12(17,4-2)7-14-10-8(13)5-6-9-11(10)16-18-15-9/h5-6,14,17H,3-4,7H2,1-2H3. The van der Waals surface area contributed by atoms with E-state index in [1.807, 2.05) is 19.9 Å². The van der Waals surface area contributed by atoms with Gasteiger partial charge < -0.3 is 10.4 Å². The summed E-state index contributed by atoms with van der Waals surface area (Å²) in [6, 6.07) is 3.64. The molecule has 0 amide bonds. The lowest BCUT2D eigenvalue weighted by molar-refractivity contribution is 0.0457. The number of anilines is 1. The molecule has 0 radical (unpaired) electrons. The molecule has 0 spiro atoms. The summed E-state index contributed by atoms with van der Waals surface area (Å²) in [4.78, 5) is 0. The van der Waals surface area contributed by atoms with Crippen LogP contribution in [0.4, 0.5) is 5.69 Å². The Kier molecular flexibility index (Phi) is 4.04. The molecule has 0 fully saturated rings. The highest BCUT2D eigenvalue weighted by Gasteiger charge is 2.22. The van der Waals surface area contributed by atoms with Gasteiger partial charge in [-0.15, -0.1) is 0 Å². The van der Waals surface area contributed by atoms with E-state index in [0.717, 1.165) is 28.4 Å². The normalized spacial score (nSPS) is 12.0. The molecule has 2 rings (SSSR count). The van der Waals surface area contributed by atoms with Crippen molar-refractivity contribution in [3.8, 4) is 0 Å². The van der Waals surface area contributed by atoms with Crippen molar-refractivity contribution < 1.29 is 5.11 Å². The Morgan fingerprint density at radius 3 is 2.72 bits per heavy atom. The highest BCUT2D eigenvalue weighted by atomic mass is 35.5. The number of aliphatic hydroxyl groups is 1. The lowest BCUT2D eigenvalue weighted by Gasteiger charge is -2.26. The van der Waals surface area contributed by atoms with Crippen molar-refractivity contribution in [3.05, 3.63) is 17.2 Å². The second-order valence-corrected chi connectivity index (χ2v) is 5.27. The van der Waals surface area contributed by atoms with Gasteiger partial charge in [0.05, 0.1) is 28.0 Å². The molecule has 0 unspecified atom stereocenters. The number of benzene rings is 1. The van der Waals surface area contributed by atoms with Gasteiger partial charge in [-0.2, -0.15) is 8.75 Å². The fraction of sp³-hybridized carbons (Fsp3) is 0.500. The molecule has 0 aliphatic carbocycles. The van der Waals surface area contributed by atoms with Crippen molar-refractivity contribution in [2.24, 2.45) is 0 Å². The summed E-state index contributed by atoms with van der Waals surface area (Å²) in [6.07, 6.45) is 1.39. The van der Waals surface area contributed by atoms with Crippen LogP contribution in [-0.2, 0) is 0 Å². The van der Waals surface area contributed by atoms with Crippen molar-refractivity contribution in [2.45, 2.75) is 32.3 Å². The maximum absolute atomic E-state index is 10.3. The SMILES string of the molecule is CCC(O)(CC)CNc1c(Cl)ccc2nsnc12. The maximum Gasteiger partial charge on any atom is 0.129 e. The highest BCUT2D eigenvalue weighted by Crippen LogP contribution is 2.30. The second-order valence-electron chi connectivity index (χ2n) is 4.34. The summed E-state index contributed by atoms with van der Waals surface area (Å²) < 4.78 is 8.41. The van der Waals surface area contributed by atoms with E-state index in [2.05, 4.69) is 14.1 Å². The predicted octanol–water partition coefficient (Wildman–Crippen LogP) is 3.31. The van der Waals surface area contributed by atoms with Crippen molar-refractivity contribution in [3.63, 3.8) is 0 Å². The molecule has 6 heteroatoms. The van der Waals surface area contributed by atoms with Gasteiger partial charge in [0.25, 0.3) is 0 Å². The van der Waals surface area contributed by atoms with Crippen LogP contribution in [-0.4, -0.2) is 26.0 Å². The lowest BCUT2D eigenvalue weighted by Crippen LogP contribution is -2.35. The summed E-state index contributed by atoms with van der Waals surface area (Å²) >= 11 is 7.33.